The Labute approximate surface area is 121 Å². The Morgan fingerprint density at radius 3 is 2.30 bits per heavy atom. The summed E-state index contributed by atoms with van der Waals surface area (Å²) in [5.74, 6) is 0.547. The topological polar surface area (TPSA) is 64.0 Å². The zero-order valence-electron chi connectivity index (χ0n) is 12.7. The maximum atomic E-state index is 11.7. The van der Waals surface area contributed by atoms with Crippen LogP contribution in [0.4, 0.5) is 0 Å². The van der Waals surface area contributed by atoms with Crippen LogP contribution in [0.2, 0.25) is 0 Å². The van der Waals surface area contributed by atoms with Gasteiger partial charge in [0.1, 0.15) is 6.10 Å². The summed E-state index contributed by atoms with van der Waals surface area (Å²) in [5, 5.41) is 20.0. The highest BCUT2D eigenvalue weighted by molar-refractivity contribution is 5.80. The van der Waals surface area contributed by atoms with Crippen molar-refractivity contribution in [2.45, 2.75) is 51.2 Å². The van der Waals surface area contributed by atoms with Gasteiger partial charge in [0.05, 0.1) is 5.60 Å². The predicted molar refractivity (Wildman–Crippen MR) is 77.3 cm³/mol. The molecule has 1 aliphatic carbocycles. The minimum atomic E-state index is -0.912. The number of piperazine rings is 1. The summed E-state index contributed by atoms with van der Waals surface area (Å²) in [7, 11) is 0. The van der Waals surface area contributed by atoms with Crippen LogP contribution in [0, 0.1) is 5.92 Å². The lowest BCUT2D eigenvalue weighted by Crippen LogP contribution is -2.55. The molecular formula is C15H28N2O3. The van der Waals surface area contributed by atoms with Gasteiger partial charge in [-0.3, -0.25) is 9.69 Å². The average Bonchev–Trinajstić information content (AvgIpc) is 2.42. The number of rotatable bonds is 3. The molecule has 0 radical (unpaired) electrons. The van der Waals surface area contributed by atoms with Gasteiger partial charge in [-0.05, 0) is 38.5 Å². The van der Waals surface area contributed by atoms with Gasteiger partial charge in [-0.2, -0.15) is 0 Å². The molecule has 1 unspecified atom stereocenters. The molecule has 2 N–H and O–H groups in total. The highest BCUT2D eigenvalue weighted by Gasteiger charge is 2.34. The van der Waals surface area contributed by atoms with E-state index in [9.17, 15) is 15.0 Å². The normalized spacial score (nSPS) is 34.0. The van der Waals surface area contributed by atoms with Gasteiger partial charge in [-0.25, -0.2) is 0 Å². The number of β-amino-alcohol motifs (C(OH)–C–C–N with tert-alkyl or cyclic N) is 1. The van der Waals surface area contributed by atoms with Gasteiger partial charge >= 0.3 is 0 Å². The number of hydrogen-bond acceptors (Lipinski definition) is 4. The van der Waals surface area contributed by atoms with E-state index in [1.165, 1.54) is 6.92 Å². The van der Waals surface area contributed by atoms with Crippen molar-refractivity contribution in [2.24, 2.45) is 5.92 Å². The molecule has 2 aliphatic rings. The van der Waals surface area contributed by atoms with Gasteiger partial charge in [-0.15, -0.1) is 0 Å². The third-order valence-electron chi connectivity index (χ3n) is 4.76. The molecule has 20 heavy (non-hydrogen) atoms. The largest absolute Gasteiger partial charge is 0.389 e. The first kappa shape index (κ1) is 15.7. The molecule has 5 heteroatoms. The molecule has 1 atom stereocenters. The number of hydrogen-bond donors (Lipinski definition) is 2. The smallest absolute Gasteiger partial charge is 0.251 e. The van der Waals surface area contributed by atoms with Crippen molar-refractivity contribution >= 4 is 5.91 Å². The van der Waals surface area contributed by atoms with Crippen LogP contribution in [0.3, 0.4) is 0 Å². The van der Waals surface area contributed by atoms with Crippen molar-refractivity contribution in [1.29, 1.82) is 0 Å². The highest BCUT2D eigenvalue weighted by Crippen LogP contribution is 2.32. The summed E-state index contributed by atoms with van der Waals surface area (Å²) in [4.78, 5) is 15.7. The number of aliphatic hydroxyl groups excluding tert-OH is 1. The Bertz CT molecular complexity index is 330. The fourth-order valence-electron chi connectivity index (χ4n) is 3.26. The lowest BCUT2D eigenvalue weighted by molar-refractivity contribution is -0.141. The zero-order valence-corrected chi connectivity index (χ0v) is 12.7. The van der Waals surface area contributed by atoms with Crippen LogP contribution in [0.15, 0.2) is 0 Å². The minimum Gasteiger partial charge on any atom is -0.389 e. The van der Waals surface area contributed by atoms with E-state index in [1.54, 1.807) is 4.90 Å². The average molecular weight is 284 g/mol. The van der Waals surface area contributed by atoms with Crippen molar-refractivity contribution in [1.82, 2.24) is 9.80 Å². The third kappa shape index (κ3) is 3.93. The Kier molecular flexibility index (Phi) is 5.04. The molecule has 1 aliphatic heterocycles. The summed E-state index contributed by atoms with van der Waals surface area (Å²) in [6.45, 7) is 7.36. The maximum absolute atomic E-state index is 11.7. The van der Waals surface area contributed by atoms with Crippen LogP contribution in [0.5, 0.6) is 0 Å². The molecule has 1 saturated heterocycles. The molecule has 0 aromatic heterocycles. The van der Waals surface area contributed by atoms with Crippen molar-refractivity contribution in [3.63, 3.8) is 0 Å². The van der Waals surface area contributed by atoms with Crippen LogP contribution in [-0.2, 0) is 4.79 Å². The van der Waals surface area contributed by atoms with Gasteiger partial charge in [0.25, 0.3) is 5.91 Å². The highest BCUT2D eigenvalue weighted by atomic mass is 16.3. The standard InChI is InChI=1S/C15H28N2O3/c1-12-3-5-15(20,6-4-12)11-16-7-9-17(10-8-16)14(19)13(2)18/h12-13,18,20H,3-11H2,1-2H3. The second-order valence-electron chi connectivity index (χ2n) is 6.68. The molecule has 5 nitrogen and oxygen atoms in total. The van der Waals surface area contributed by atoms with Gasteiger partial charge in [0.2, 0.25) is 0 Å². The van der Waals surface area contributed by atoms with Crippen molar-refractivity contribution < 1.29 is 15.0 Å². The van der Waals surface area contributed by atoms with Crippen LogP contribution in [-0.4, -0.2) is 70.3 Å². The molecule has 1 saturated carbocycles. The van der Waals surface area contributed by atoms with Crippen molar-refractivity contribution in [3.8, 4) is 0 Å². The van der Waals surface area contributed by atoms with E-state index < -0.39 is 11.7 Å². The van der Waals surface area contributed by atoms with Gasteiger partial charge in [0, 0.05) is 32.7 Å². The maximum Gasteiger partial charge on any atom is 0.251 e. The van der Waals surface area contributed by atoms with Gasteiger partial charge in [0.15, 0.2) is 0 Å². The fraction of sp³-hybridized carbons (Fsp3) is 0.933. The first-order valence-electron chi connectivity index (χ1n) is 7.81. The molecule has 116 valence electrons. The van der Waals surface area contributed by atoms with E-state index in [4.69, 9.17) is 0 Å². The van der Waals surface area contributed by atoms with E-state index >= 15 is 0 Å². The van der Waals surface area contributed by atoms with Crippen LogP contribution in [0.25, 0.3) is 0 Å². The summed E-state index contributed by atoms with van der Waals surface area (Å²) < 4.78 is 0. The number of amides is 1. The first-order chi connectivity index (χ1) is 9.39. The van der Waals surface area contributed by atoms with Gasteiger partial charge in [-0.1, -0.05) is 6.92 Å². The second kappa shape index (κ2) is 6.41. The Morgan fingerprint density at radius 1 is 1.25 bits per heavy atom. The van der Waals surface area contributed by atoms with E-state index in [0.717, 1.165) is 51.2 Å². The van der Waals surface area contributed by atoms with Crippen molar-refractivity contribution in [2.75, 3.05) is 32.7 Å². The molecule has 1 amide bonds. The number of nitrogens with zero attached hydrogens (tertiary/aromatic N) is 2. The lowest BCUT2D eigenvalue weighted by Gasteiger charge is -2.42. The Morgan fingerprint density at radius 2 is 1.80 bits per heavy atom. The summed E-state index contributed by atoms with van der Waals surface area (Å²) in [6.07, 6.45) is 3.08. The zero-order chi connectivity index (χ0) is 14.8. The quantitative estimate of drug-likeness (QED) is 0.790. The molecule has 2 fully saturated rings. The fourth-order valence-corrected chi connectivity index (χ4v) is 3.26. The Balaban J connectivity index is 1.78. The van der Waals surface area contributed by atoms with E-state index in [1.807, 2.05) is 0 Å². The van der Waals surface area contributed by atoms with Crippen LogP contribution < -0.4 is 0 Å². The van der Waals surface area contributed by atoms with E-state index in [-0.39, 0.29) is 5.91 Å². The van der Waals surface area contributed by atoms with Crippen molar-refractivity contribution in [3.05, 3.63) is 0 Å². The molecule has 0 aromatic carbocycles. The number of carbonyl (C=O) groups is 1. The molecular weight excluding hydrogens is 256 g/mol. The Hall–Kier alpha value is -0.650. The number of carbonyl (C=O) groups excluding carboxylic acids is 1. The molecule has 0 spiro atoms. The molecule has 1 heterocycles. The third-order valence-corrected chi connectivity index (χ3v) is 4.76. The number of aliphatic hydroxyl groups is 2. The monoisotopic (exact) mass is 284 g/mol. The minimum absolute atomic E-state index is 0.185. The van der Waals surface area contributed by atoms with Crippen LogP contribution >= 0.6 is 0 Å². The van der Waals surface area contributed by atoms with E-state index in [2.05, 4.69) is 11.8 Å². The predicted octanol–water partition coefficient (Wildman–Crippen LogP) is 0.453. The lowest BCUT2D eigenvalue weighted by atomic mass is 9.79. The molecule has 0 bridgehead atoms. The SMILES string of the molecule is CC1CCC(O)(CN2CCN(C(=O)C(C)O)CC2)CC1. The van der Waals surface area contributed by atoms with Crippen LogP contribution in [0.1, 0.15) is 39.5 Å². The molecule has 0 aromatic rings. The van der Waals surface area contributed by atoms with Gasteiger partial charge < -0.3 is 15.1 Å². The molecule has 2 rings (SSSR count). The van der Waals surface area contributed by atoms with E-state index in [0.29, 0.717) is 13.1 Å². The summed E-state index contributed by atoms with van der Waals surface area (Å²) in [6, 6.07) is 0. The summed E-state index contributed by atoms with van der Waals surface area (Å²) in [5.41, 5.74) is -0.539. The summed E-state index contributed by atoms with van der Waals surface area (Å²) >= 11 is 0. The second-order valence-corrected chi connectivity index (χ2v) is 6.68. The first-order valence-corrected chi connectivity index (χ1v) is 7.81.